The highest BCUT2D eigenvalue weighted by Gasteiger charge is 2.12. The molecule has 0 bridgehead atoms. The molecular weight excluding hydrogens is 470 g/mol. The maximum atomic E-state index is 12.6. The Balaban J connectivity index is 1.77. The number of hydrogen-bond acceptors (Lipinski definition) is 6. The molecule has 0 aromatic heterocycles. The monoisotopic (exact) mass is 501 g/mol. The molecule has 0 aliphatic rings. The van der Waals surface area contributed by atoms with E-state index < -0.39 is 0 Å². The van der Waals surface area contributed by atoms with Gasteiger partial charge in [0.25, 0.3) is 0 Å². The summed E-state index contributed by atoms with van der Waals surface area (Å²) in [6.45, 7) is 4.06. The van der Waals surface area contributed by atoms with Crippen LogP contribution in [0.25, 0.3) is 18.2 Å². The predicted octanol–water partition coefficient (Wildman–Crippen LogP) is 6.11. The lowest BCUT2D eigenvalue weighted by Gasteiger charge is -2.13. The molecular formula is C30H31NO6. The van der Waals surface area contributed by atoms with Crippen LogP contribution in [-0.2, 0) is 4.79 Å². The number of nitrogens with one attached hydrogen (secondary N) is 1. The van der Waals surface area contributed by atoms with Crippen LogP contribution in [0.4, 0.5) is 5.69 Å². The fourth-order valence-corrected chi connectivity index (χ4v) is 3.53. The lowest BCUT2D eigenvalue weighted by Crippen LogP contribution is -2.09. The molecule has 0 atom stereocenters. The van der Waals surface area contributed by atoms with E-state index in [9.17, 15) is 4.79 Å². The van der Waals surface area contributed by atoms with E-state index in [1.807, 2.05) is 60.7 Å². The van der Waals surface area contributed by atoms with Gasteiger partial charge in [0, 0.05) is 6.08 Å². The first-order valence-electron chi connectivity index (χ1n) is 11.5. The van der Waals surface area contributed by atoms with Crippen molar-refractivity contribution < 1.29 is 28.5 Å². The average Bonchev–Trinajstić information content (AvgIpc) is 2.93. The van der Waals surface area contributed by atoms with Crippen LogP contribution in [0.5, 0.6) is 28.7 Å². The third kappa shape index (κ3) is 7.41. The zero-order chi connectivity index (χ0) is 26.6. The lowest BCUT2D eigenvalue weighted by atomic mass is 10.1. The average molecular weight is 502 g/mol. The van der Waals surface area contributed by atoms with Crippen LogP contribution in [0.3, 0.4) is 0 Å². The SMILES string of the molecule is C=CCOc1cccc(/C=C/C(=O)Nc2cc(C=Cc3cc(OC)c(OC)c(OC)c3)ccc2OC)c1. The van der Waals surface area contributed by atoms with Crippen LogP contribution >= 0.6 is 0 Å². The van der Waals surface area contributed by atoms with Crippen molar-refractivity contribution in [2.24, 2.45) is 0 Å². The number of hydrogen-bond donors (Lipinski definition) is 1. The summed E-state index contributed by atoms with van der Waals surface area (Å²) in [5.74, 6) is 2.62. The molecule has 37 heavy (non-hydrogen) atoms. The van der Waals surface area contributed by atoms with Gasteiger partial charge >= 0.3 is 0 Å². The van der Waals surface area contributed by atoms with Gasteiger partial charge < -0.3 is 29.0 Å². The molecule has 7 heteroatoms. The zero-order valence-electron chi connectivity index (χ0n) is 21.4. The lowest BCUT2D eigenvalue weighted by molar-refractivity contribution is -0.111. The number of amides is 1. The third-order valence-corrected chi connectivity index (χ3v) is 5.29. The molecule has 0 radical (unpaired) electrons. The van der Waals surface area contributed by atoms with Gasteiger partial charge in [-0.1, -0.05) is 43.0 Å². The molecule has 0 unspecified atom stereocenters. The summed E-state index contributed by atoms with van der Waals surface area (Å²) < 4.78 is 27.2. The maximum Gasteiger partial charge on any atom is 0.248 e. The van der Waals surface area contributed by atoms with E-state index in [4.69, 9.17) is 23.7 Å². The highest BCUT2D eigenvalue weighted by atomic mass is 16.5. The van der Waals surface area contributed by atoms with E-state index in [0.717, 1.165) is 16.7 Å². The molecule has 3 rings (SSSR count). The minimum Gasteiger partial charge on any atom is -0.495 e. The Morgan fingerprint density at radius 1 is 0.784 bits per heavy atom. The van der Waals surface area contributed by atoms with Crippen LogP contribution in [-0.4, -0.2) is 41.0 Å². The molecule has 1 amide bonds. The van der Waals surface area contributed by atoms with Crippen molar-refractivity contribution >= 4 is 29.8 Å². The Hall–Kier alpha value is -4.65. The van der Waals surface area contributed by atoms with Gasteiger partial charge in [-0.15, -0.1) is 0 Å². The van der Waals surface area contributed by atoms with Crippen LogP contribution < -0.4 is 29.0 Å². The standard InChI is InChI=1S/C30H31NO6/c1-6-16-37-24-9-7-8-21(17-24)13-15-29(32)31-25-18-22(12-14-26(25)33-2)10-11-23-19-27(34-3)30(36-5)28(20-23)35-4/h6-15,17-20H,1,16H2,2-5H3,(H,31,32)/b11-10?,15-13+. The molecule has 0 heterocycles. The summed E-state index contributed by atoms with van der Waals surface area (Å²) in [5.41, 5.74) is 3.11. The molecule has 0 saturated carbocycles. The van der Waals surface area contributed by atoms with Crippen molar-refractivity contribution in [2.45, 2.75) is 0 Å². The van der Waals surface area contributed by atoms with Crippen LogP contribution in [0.1, 0.15) is 16.7 Å². The Morgan fingerprint density at radius 2 is 1.46 bits per heavy atom. The van der Waals surface area contributed by atoms with Crippen molar-refractivity contribution in [3.05, 3.63) is 90.0 Å². The number of rotatable bonds is 12. The van der Waals surface area contributed by atoms with E-state index in [1.54, 1.807) is 46.7 Å². The van der Waals surface area contributed by atoms with Gasteiger partial charge in [-0.25, -0.2) is 0 Å². The molecule has 3 aromatic carbocycles. The summed E-state index contributed by atoms with van der Waals surface area (Å²) in [7, 11) is 6.27. The molecule has 192 valence electrons. The largest absolute Gasteiger partial charge is 0.495 e. The second kappa shape index (κ2) is 13.4. The minimum atomic E-state index is -0.290. The zero-order valence-corrected chi connectivity index (χ0v) is 21.4. The normalized spacial score (nSPS) is 10.8. The van der Waals surface area contributed by atoms with E-state index in [0.29, 0.717) is 41.0 Å². The molecule has 3 aromatic rings. The van der Waals surface area contributed by atoms with E-state index >= 15 is 0 Å². The van der Waals surface area contributed by atoms with E-state index in [2.05, 4.69) is 11.9 Å². The molecule has 0 aliphatic heterocycles. The topological polar surface area (TPSA) is 75.3 Å². The van der Waals surface area contributed by atoms with Gasteiger partial charge in [-0.05, 0) is 59.2 Å². The molecule has 7 nitrogen and oxygen atoms in total. The number of carbonyl (C=O) groups excluding carboxylic acids is 1. The Labute approximate surface area is 217 Å². The molecule has 0 fully saturated rings. The maximum absolute atomic E-state index is 12.6. The van der Waals surface area contributed by atoms with Gasteiger partial charge in [0.05, 0.1) is 34.1 Å². The van der Waals surface area contributed by atoms with E-state index in [1.165, 1.54) is 6.08 Å². The summed E-state index contributed by atoms with van der Waals surface area (Å²) in [6, 6.07) is 16.7. The van der Waals surface area contributed by atoms with Gasteiger partial charge in [0.1, 0.15) is 18.1 Å². The number of carbonyl (C=O) groups is 1. The van der Waals surface area contributed by atoms with Crippen molar-refractivity contribution in [2.75, 3.05) is 40.4 Å². The van der Waals surface area contributed by atoms with Crippen molar-refractivity contribution in [3.63, 3.8) is 0 Å². The number of benzene rings is 3. The Kier molecular flexibility index (Phi) is 9.79. The third-order valence-electron chi connectivity index (χ3n) is 5.29. The number of methoxy groups -OCH3 is 4. The fourth-order valence-electron chi connectivity index (χ4n) is 3.53. The van der Waals surface area contributed by atoms with E-state index in [-0.39, 0.29) is 5.91 Å². The summed E-state index contributed by atoms with van der Waals surface area (Å²) in [5, 5.41) is 2.89. The van der Waals surface area contributed by atoms with Gasteiger partial charge in [0.2, 0.25) is 11.7 Å². The highest BCUT2D eigenvalue weighted by molar-refractivity contribution is 6.03. The quantitative estimate of drug-likeness (QED) is 0.183. The van der Waals surface area contributed by atoms with Gasteiger partial charge in [0.15, 0.2) is 11.5 Å². The summed E-state index contributed by atoms with van der Waals surface area (Å²) >= 11 is 0. The summed E-state index contributed by atoms with van der Waals surface area (Å²) in [6.07, 6.45) is 8.69. The molecule has 0 spiro atoms. The number of ether oxygens (including phenoxy) is 5. The second-order valence-electron chi connectivity index (χ2n) is 7.75. The predicted molar refractivity (Wildman–Crippen MR) is 148 cm³/mol. The highest BCUT2D eigenvalue weighted by Crippen LogP contribution is 2.38. The molecule has 0 saturated heterocycles. The molecule has 1 N–H and O–H groups in total. The fraction of sp³-hybridized carbons (Fsp3) is 0.167. The minimum absolute atomic E-state index is 0.290. The van der Waals surface area contributed by atoms with Gasteiger partial charge in [-0.3, -0.25) is 4.79 Å². The van der Waals surface area contributed by atoms with Crippen molar-refractivity contribution in [1.82, 2.24) is 0 Å². The van der Waals surface area contributed by atoms with Crippen LogP contribution in [0.2, 0.25) is 0 Å². The smallest absolute Gasteiger partial charge is 0.248 e. The van der Waals surface area contributed by atoms with Crippen molar-refractivity contribution in [1.29, 1.82) is 0 Å². The van der Waals surface area contributed by atoms with Crippen molar-refractivity contribution in [3.8, 4) is 28.7 Å². The number of anilines is 1. The summed E-state index contributed by atoms with van der Waals surface area (Å²) in [4.78, 5) is 12.6. The van der Waals surface area contributed by atoms with Gasteiger partial charge in [-0.2, -0.15) is 0 Å². The molecule has 0 aliphatic carbocycles. The van der Waals surface area contributed by atoms with Crippen LogP contribution in [0, 0.1) is 0 Å². The first kappa shape index (κ1) is 26.9. The van der Waals surface area contributed by atoms with Crippen LogP contribution in [0.15, 0.2) is 73.3 Å². The second-order valence-corrected chi connectivity index (χ2v) is 7.75. The Morgan fingerprint density at radius 3 is 2.11 bits per heavy atom. The Bertz CT molecular complexity index is 1270. The first-order chi connectivity index (χ1) is 18.0. The first-order valence-corrected chi connectivity index (χ1v) is 11.5.